The molecule has 0 aliphatic carbocycles. The van der Waals surface area contributed by atoms with Gasteiger partial charge in [-0.3, -0.25) is 4.79 Å². The second-order valence-corrected chi connectivity index (χ2v) is 4.98. The van der Waals surface area contributed by atoms with Crippen molar-refractivity contribution >= 4 is 27.5 Å². The molecule has 4 nitrogen and oxygen atoms in total. The van der Waals surface area contributed by atoms with Crippen LogP contribution in [0, 0.1) is 6.92 Å². The van der Waals surface area contributed by atoms with Crippen molar-refractivity contribution in [1.29, 1.82) is 0 Å². The maximum atomic E-state index is 12.0. The molecule has 0 heterocycles. The summed E-state index contributed by atoms with van der Waals surface area (Å²) in [5.74, 6) is -0.234. The molecule has 0 radical (unpaired) electrons. The number of benzene rings is 2. The number of aromatic hydroxyl groups is 2. The summed E-state index contributed by atoms with van der Waals surface area (Å²) in [6, 6.07) is 9.44. The number of phenolic OH excluding ortho intramolecular Hbond substituents is 2. The van der Waals surface area contributed by atoms with Gasteiger partial charge in [0.25, 0.3) is 5.91 Å². The molecule has 0 aliphatic rings. The number of amides is 1. The number of phenols is 2. The predicted molar refractivity (Wildman–Crippen MR) is 76.6 cm³/mol. The van der Waals surface area contributed by atoms with E-state index in [9.17, 15) is 15.0 Å². The van der Waals surface area contributed by atoms with Gasteiger partial charge in [0.05, 0.1) is 4.47 Å². The van der Waals surface area contributed by atoms with Crippen molar-refractivity contribution in [1.82, 2.24) is 0 Å². The Hall–Kier alpha value is -2.01. The van der Waals surface area contributed by atoms with E-state index >= 15 is 0 Å². The standard InChI is InChI=1S/C14H12BrNO3/c1-8-2-4-10(7-12(8)17)16-14(19)9-3-5-11(15)13(18)6-9/h2-7,17-18H,1H3,(H,16,19). The van der Waals surface area contributed by atoms with E-state index in [4.69, 9.17) is 0 Å². The van der Waals surface area contributed by atoms with Crippen LogP contribution in [-0.2, 0) is 0 Å². The van der Waals surface area contributed by atoms with Crippen molar-refractivity contribution in [3.63, 3.8) is 0 Å². The molecule has 0 saturated carbocycles. The van der Waals surface area contributed by atoms with Crippen LogP contribution in [0.5, 0.6) is 11.5 Å². The Balaban J connectivity index is 2.20. The Morgan fingerprint density at radius 2 is 1.84 bits per heavy atom. The minimum atomic E-state index is -0.356. The van der Waals surface area contributed by atoms with E-state index in [1.165, 1.54) is 12.1 Å². The summed E-state index contributed by atoms with van der Waals surface area (Å²) in [7, 11) is 0. The molecule has 2 aromatic rings. The van der Waals surface area contributed by atoms with Gasteiger partial charge >= 0.3 is 0 Å². The number of rotatable bonds is 2. The number of aryl methyl sites for hydroxylation is 1. The van der Waals surface area contributed by atoms with Gasteiger partial charge < -0.3 is 15.5 Å². The van der Waals surface area contributed by atoms with Crippen molar-refractivity contribution in [2.45, 2.75) is 6.92 Å². The Kier molecular flexibility index (Phi) is 3.76. The van der Waals surface area contributed by atoms with E-state index in [0.29, 0.717) is 15.7 Å². The Bertz CT molecular complexity index is 641. The summed E-state index contributed by atoms with van der Waals surface area (Å²) >= 11 is 3.15. The van der Waals surface area contributed by atoms with Crippen LogP contribution >= 0.6 is 15.9 Å². The molecule has 0 fully saturated rings. The van der Waals surface area contributed by atoms with Gasteiger partial charge in [0.2, 0.25) is 0 Å². The van der Waals surface area contributed by atoms with Gasteiger partial charge in [-0.05, 0) is 52.7 Å². The smallest absolute Gasteiger partial charge is 0.255 e. The molecule has 0 spiro atoms. The normalized spacial score (nSPS) is 10.2. The molecule has 0 atom stereocenters. The number of anilines is 1. The minimum absolute atomic E-state index is 0.000552. The van der Waals surface area contributed by atoms with Gasteiger partial charge in [-0.2, -0.15) is 0 Å². The SMILES string of the molecule is Cc1ccc(NC(=O)c2ccc(Br)c(O)c2)cc1O. The molecule has 0 aromatic heterocycles. The van der Waals surface area contributed by atoms with E-state index in [1.54, 1.807) is 31.2 Å². The first kappa shape index (κ1) is 13.4. The first-order valence-electron chi connectivity index (χ1n) is 5.57. The van der Waals surface area contributed by atoms with Gasteiger partial charge in [-0.1, -0.05) is 6.07 Å². The third kappa shape index (κ3) is 3.06. The lowest BCUT2D eigenvalue weighted by Crippen LogP contribution is -2.11. The lowest BCUT2D eigenvalue weighted by molar-refractivity contribution is 0.102. The van der Waals surface area contributed by atoms with E-state index in [-0.39, 0.29) is 17.4 Å². The number of nitrogens with one attached hydrogen (secondary N) is 1. The lowest BCUT2D eigenvalue weighted by Gasteiger charge is -2.07. The Labute approximate surface area is 118 Å². The van der Waals surface area contributed by atoms with Crippen LogP contribution in [0.2, 0.25) is 0 Å². The second kappa shape index (κ2) is 5.32. The number of hydrogen-bond donors (Lipinski definition) is 3. The highest BCUT2D eigenvalue weighted by Gasteiger charge is 2.09. The van der Waals surface area contributed by atoms with Crippen LogP contribution in [0.3, 0.4) is 0 Å². The molecule has 0 aliphatic heterocycles. The summed E-state index contributed by atoms with van der Waals surface area (Å²) < 4.78 is 0.525. The molecule has 0 saturated heterocycles. The van der Waals surface area contributed by atoms with Crippen LogP contribution in [0.25, 0.3) is 0 Å². The van der Waals surface area contributed by atoms with Crippen LogP contribution in [0.1, 0.15) is 15.9 Å². The highest BCUT2D eigenvalue weighted by Crippen LogP contribution is 2.25. The number of hydrogen-bond acceptors (Lipinski definition) is 3. The maximum absolute atomic E-state index is 12.0. The van der Waals surface area contributed by atoms with E-state index in [1.807, 2.05) is 0 Å². The number of carbonyl (C=O) groups excluding carboxylic acids is 1. The third-order valence-corrected chi connectivity index (χ3v) is 3.35. The zero-order valence-corrected chi connectivity index (χ0v) is 11.7. The number of halogens is 1. The fourth-order valence-corrected chi connectivity index (χ4v) is 1.79. The van der Waals surface area contributed by atoms with Crippen molar-refractivity contribution in [3.05, 3.63) is 52.0 Å². The minimum Gasteiger partial charge on any atom is -0.508 e. The van der Waals surface area contributed by atoms with Crippen LogP contribution in [-0.4, -0.2) is 16.1 Å². The van der Waals surface area contributed by atoms with Gasteiger partial charge in [0.15, 0.2) is 0 Å². The molecule has 98 valence electrons. The summed E-state index contributed by atoms with van der Waals surface area (Å²) in [4.78, 5) is 12.0. The van der Waals surface area contributed by atoms with Crippen molar-refractivity contribution in [3.8, 4) is 11.5 Å². The lowest BCUT2D eigenvalue weighted by atomic mass is 10.1. The monoisotopic (exact) mass is 321 g/mol. The predicted octanol–water partition coefficient (Wildman–Crippen LogP) is 3.42. The highest BCUT2D eigenvalue weighted by atomic mass is 79.9. The quantitative estimate of drug-likeness (QED) is 0.793. The zero-order chi connectivity index (χ0) is 14.0. The molecule has 2 rings (SSSR count). The van der Waals surface area contributed by atoms with Crippen LogP contribution in [0.4, 0.5) is 5.69 Å². The Morgan fingerprint density at radius 1 is 1.11 bits per heavy atom. The van der Waals surface area contributed by atoms with Crippen LogP contribution < -0.4 is 5.32 Å². The Morgan fingerprint density at radius 3 is 2.47 bits per heavy atom. The van der Waals surface area contributed by atoms with Gasteiger partial charge in [0, 0.05) is 17.3 Å². The van der Waals surface area contributed by atoms with Gasteiger partial charge in [0.1, 0.15) is 11.5 Å². The number of carbonyl (C=O) groups is 1. The topological polar surface area (TPSA) is 69.6 Å². The molecule has 2 aromatic carbocycles. The average Bonchev–Trinajstić information content (AvgIpc) is 2.37. The molecule has 3 N–H and O–H groups in total. The van der Waals surface area contributed by atoms with E-state index in [0.717, 1.165) is 5.56 Å². The first-order valence-corrected chi connectivity index (χ1v) is 6.36. The summed E-state index contributed by atoms with van der Waals surface area (Å²) in [5.41, 5.74) is 1.57. The fourth-order valence-electron chi connectivity index (χ4n) is 1.54. The van der Waals surface area contributed by atoms with Crippen LogP contribution in [0.15, 0.2) is 40.9 Å². The zero-order valence-electron chi connectivity index (χ0n) is 10.1. The fraction of sp³-hybridized carbons (Fsp3) is 0.0714. The highest BCUT2D eigenvalue weighted by molar-refractivity contribution is 9.10. The van der Waals surface area contributed by atoms with E-state index < -0.39 is 0 Å². The maximum Gasteiger partial charge on any atom is 0.255 e. The molecule has 19 heavy (non-hydrogen) atoms. The molecule has 0 bridgehead atoms. The second-order valence-electron chi connectivity index (χ2n) is 4.12. The summed E-state index contributed by atoms with van der Waals surface area (Å²) in [5, 5.41) is 21.7. The van der Waals surface area contributed by atoms with Crippen molar-refractivity contribution in [2.24, 2.45) is 0 Å². The summed E-state index contributed by atoms with van der Waals surface area (Å²) in [6.07, 6.45) is 0. The molecule has 0 unspecified atom stereocenters. The van der Waals surface area contributed by atoms with Crippen molar-refractivity contribution < 1.29 is 15.0 Å². The molecule has 1 amide bonds. The molecular weight excluding hydrogens is 310 g/mol. The largest absolute Gasteiger partial charge is 0.508 e. The van der Waals surface area contributed by atoms with E-state index in [2.05, 4.69) is 21.2 Å². The third-order valence-electron chi connectivity index (χ3n) is 2.68. The summed E-state index contributed by atoms with van der Waals surface area (Å²) in [6.45, 7) is 1.77. The average molecular weight is 322 g/mol. The van der Waals surface area contributed by atoms with Gasteiger partial charge in [-0.15, -0.1) is 0 Å². The molecular formula is C14H12BrNO3. The van der Waals surface area contributed by atoms with Gasteiger partial charge in [-0.25, -0.2) is 0 Å². The molecule has 5 heteroatoms. The first-order chi connectivity index (χ1) is 8.97. The van der Waals surface area contributed by atoms with Crippen molar-refractivity contribution in [2.75, 3.05) is 5.32 Å².